The molecule has 1 aromatic rings. The van der Waals surface area contributed by atoms with Crippen molar-refractivity contribution in [3.05, 3.63) is 42.0 Å². The monoisotopic (exact) mass is 1070 g/mol. The number of ether oxygens (including phenoxy) is 4. The van der Waals surface area contributed by atoms with Gasteiger partial charge >= 0.3 is 47.6 Å². The summed E-state index contributed by atoms with van der Waals surface area (Å²) in [6, 6.07) is 5.49. The molecule has 0 heterocycles. The Morgan fingerprint density at radius 3 is 1.50 bits per heavy atom. The van der Waals surface area contributed by atoms with Crippen molar-refractivity contribution < 1.29 is 98.0 Å². The van der Waals surface area contributed by atoms with E-state index in [-0.39, 0.29) is 36.4 Å². The van der Waals surface area contributed by atoms with Crippen LogP contribution in [0.1, 0.15) is 142 Å². The molecule has 5 nitrogen and oxygen atoms in total. The molecule has 1 rings (SSSR count). The molecule has 0 bridgehead atoms. The van der Waals surface area contributed by atoms with Gasteiger partial charge in [0.25, 0.3) is 0 Å². The number of methoxy groups -OCH3 is 1. The van der Waals surface area contributed by atoms with E-state index >= 15 is 0 Å². The third-order valence-corrected chi connectivity index (χ3v) is 16.8. The van der Waals surface area contributed by atoms with Gasteiger partial charge in [-0.15, -0.1) is 0 Å². The molecule has 0 unspecified atom stereocenters. The smallest absolute Gasteiger partial charge is 0.460 e. The van der Waals surface area contributed by atoms with Crippen molar-refractivity contribution in [2.45, 2.75) is 221 Å². The molecular weight excluding hydrogens is 996 g/mol. The van der Waals surface area contributed by atoms with E-state index in [1.54, 1.807) is 0 Å². The zero-order chi connectivity index (χ0) is 53.9. The molecule has 0 spiro atoms. The normalized spacial score (nSPS) is 15.3. The summed E-state index contributed by atoms with van der Waals surface area (Å²) in [6.45, 7) is 12.8. The van der Waals surface area contributed by atoms with Gasteiger partial charge in [-0.25, -0.2) is 0 Å². The maximum absolute atomic E-state index is 14.4. The minimum Gasteiger partial charge on any atom is -0.494 e. The van der Waals surface area contributed by atoms with Crippen LogP contribution >= 0.6 is 0 Å². The van der Waals surface area contributed by atoms with E-state index in [4.69, 9.17) is 23.4 Å². The van der Waals surface area contributed by atoms with E-state index in [0.29, 0.717) is 31.4 Å². The molecule has 0 aromatic heterocycles. The lowest BCUT2D eigenvalue weighted by atomic mass is 9.88. The third kappa shape index (κ3) is 17.6. The predicted octanol–water partition coefficient (Wildman–Crippen LogP) is 17.2. The zero-order valence-electron chi connectivity index (χ0n) is 40.9. The average molecular weight is 1070 g/mol. The van der Waals surface area contributed by atoms with Crippen molar-refractivity contribution in [2.75, 3.05) is 27.1 Å². The molecule has 2 atom stereocenters. The first-order chi connectivity index (χ1) is 32.0. The minimum atomic E-state index is -8.66. The maximum atomic E-state index is 14.4. The Morgan fingerprint density at radius 2 is 1.00 bits per heavy atom. The number of rotatable bonds is 37. The van der Waals surface area contributed by atoms with E-state index in [1.807, 2.05) is 0 Å². The van der Waals surface area contributed by atoms with Gasteiger partial charge < -0.3 is 23.4 Å². The van der Waals surface area contributed by atoms with Gasteiger partial charge in [0.2, 0.25) is 0 Å². The Bertz CT molecular complexity index is 1640. The van der Waals surface area contributed by atoms with Crippen LogP contribution in [0.5, 0.6) is 5.75 Å². The first-order valence-electron chi connectivity index (χ1n) is 23.5. The highest BCUT2D eigenvalue weighted by molar-refractivity contribution is 6.74. The van der Waals surface area contributed by atoms with Crippen LogP contribution in [0.25, 0.3) is 0 Å². The summed E-state index contributed by atoms with van der Waals surface area (Å²) in [5, 5.41) is 0.111. The van der Waals surface area contributed by atoms with Gasteiger partial charge in [0.15, 0.2) is 8.32 Å². The molecule has 1 aromatic carbocycles. The number of alkyl halides is 17. The lowest BCUT2D eigenvalue weighted by Gasteiger charge is -2.42. The van der Waals surface area contributed by atoms with Gasteiger partial charge in [0, 0.05) is 20.1 Å². The van der Waals surface area contributed by atoms with Crippen molar-refractivity contribution in [3.8, 4) is 5.75 Å². The number of unbranched alkanes of at least 4 members (excludes halogenated alkanes) is 10. The van der Waals surface area contributed by atoms with Crippen LogP contribution in [0, 0.1) is 0 Å². The quantitative estimate of drug-likeness (QED) is 0.0218. The fraction of sp³-hybridized carbons (Fsp3) is 0.830. The molecule has 412 valence electrons. The van der Waals surface area contributed by atoms with E-state index in [9.17, 15) is 74.6 Å². The largest absolute Gasteiger partial charge is 0.494 e. The molecule has 70 heavy (non-hydrogen) atoms. The SMILES string of the molecule is CCCCCCCCCCCC[C@@H](OCc1ccc(OCCCC(F)(F)C(F)(F)C(F)(F)C(F)(F)C(F)(F)C(F)(F)C(F)(F)C(F)(F)F)cc1)[C@@H](CC/C=C/CCCO[Si](C)(C)C(C)(C)C)OCOC. The third-order valence-electron chi connectivity index (χ3n) is 12.3. The molecule has 0 amide bonds. The van der Waals surface area contributed by atoms with Crippen LogP contribution in [0.4, 0.5) is 74.6 Å². The van der Waals surface area contributed by atoms with Gasteiger partial charge in [-0.1, -0.05) is 116 Å². The summed E-state index contributed by atoms with van der Waals surface area (Å²) >= 11 is 0. The Hall–Kier alpha value is -2.37. The van der Waals surface area contributed by atoms with Crippen LogP contribution in [-0.2, 0) is 25.2 Å². The van der Waals surface area contributed by atoms with Crippen molar-refractivity contribution >= 4 is 8.32 Å². The van der Waals surface area contributed by atoms with Crippen LogP contribution in [0.2, 0.25) is 18.1 Å². The molecule has 23 heteroatoms. The van der Waals surface area contributed by atoms with Crippen LogP contribution in [0.3, 0.4) is 0 Å². The summed E-state index contributed by atoms with van der Waals surface area (Å²) < 4.78 is 261. The first kappa shape index (κ1) is 65.6. The highest BCUT2D eigenvalue weighted by Crippen LogP contribution is 2.64. The molecule has 0 aliphatic rings. The number of allylic oxidation sites excluding steroid dienone is 2. The summed E-state index contributed by atoms with van der Waals surface area (Å²) in [4.78, 5) is 0. The molecule has 0 radical (unpaired) electrons. The summed E-state index contributed by atoms with van der Waals surface area (Å²) in [5.74, 6) is -56.6. The predicted molar refractivity (Wildman–Crippen MR) is 234 cm³/mol. The van der Waals surface area contributed by atoms with Gasteiger partial charge in [-0.3, -0.25) is 0 Å². The minimum absolute atomic E-state index is 0.00327. The number of halogens is 17. The Labute approximate surface area is 402 Å². The average Bonchev–Trinajstić information content (AvgIpc) is 3.25. The van der Waals surface area contributed by atoms with E-state index in [1.165, 1.54) is 63.5 Å². The topological polar surface area (TPSA) is 46.2 Å². The van der Waals surface area contributed by atoms with Crippen LogP contribution < -0.4 is 4.74 Å². The Balaban J connectivity index is 3.01. The van der Waals surface area contributed by atoms with Crippen LogP contribution in [-0.4, -0.2) is 95.3 Å². The number of hydrogen-bond acceptors (Lipinski definition) is 5. The van der Waals surface area contributed by atoms with Crippen molar-refractivity contribution in [2.24, 2.45) is 0 Å². The van der Waals surface area contributed by atoms with E-state index in [2.05, 4.69) is 52.9 Å². The molecule has 0 saturated heterocycles. The van der Waals surface area contributed by atoms with Gasteiger partial charge in [0.1, 0.15) is 12.5 Å². The second-order valence-corrected chi connectivity index (χ2v) is 23.8. The Kier molecular flexibility index (Phi) is 26.1. The lowest BCUT2D eigenvalue weighted by Crippen LogP contribution is -2.74. The molecule has 0 aliphatic carbocycles. The van der Waals surface area contributed by atoms with Crippen molar-refractivity contribution in [1.29, 1.82) is 0 Å². The molecule has 0 N–H and O–H groups in total. The molecule has 0 saturated carbocycles. The number of hydrogen-bond donors (Lipinski definition) is 0. The summed E-state index contributed by atoms with van der Waals surface area (Å²) in [6.07, 6.45) is 6.45. The Morgan fingerprint density at radius 1 is 0.529 bits per heavy atom. The van der Waals surface area contributed by atoms with E-state index in [0.717, 1.165) is 44.9 Å². The van der Waals surface area contributed by atoms with Crippen molar-refractivity contribution in [1.82, 2.24) is 0 Å². The van der Waals surface area contributed by atoms with Crippen LogP contribution in [0.15, 0.2) is 36.4 Å². The van der Waals surface area contributed by atoms with Gasteiger partial charge in [-0.2, -0.15) is 74.6 Å². The fourth-order valence-corrected chi connectivity index (χ4v) is 7.79. The fourth-order valence-electron chi connectivity index (χ4n) is 6.71. The lowest BCUT2D eigenvalue weighted by molar-refractivity contribution is -0.461. The van der Waals surface area contributed by atoms with Gasteiger partial charge in [0.05, 0.1) is 25.4 Å². The molecule has 0 aliphatic heterocycles. The first-order valence-corrected chi connectivity index (χ1v) is 26.4. The second kappa shape index (κ2) is 27.8. The molecular formula is C47H71F17O5Si. The maximum Gasteiger partial charge on any atom is 0.460 e. The number of benzene rings is 1. The zero-order valence-corrected chi connectivity index (χ0v) is 41.9. The van der Waals surface area contributed by atoms with E-state index < -0.39 is 75.4 Å². The second-order valence-electron chi connectivity index (χ2n) is 19.0. The highest BCUT2D eigenvalue weighted by atomic mass is 28.4. The highest BCUT2D eigenvalue weighted by Gasteiger charge is 2.95. The molecule has 0 fully saturated rings. The van der Waals surface area contributed by atoms with Crippen molar-refractivity contribution in [3.63, 3.8) is 0 Å². The standard InChI is InChI=1S/C47H71F17O5Si/c1-8-9-10-11-12-13-14-15-17-20-24-37(38(68-34-65-5)25-21-18-16-19-22-32-69-70(6,7)39(2,3)4)67-33-35-26-28-36(29-27-35)66-31-23-30-40(48,49)41(50,51)42(52,53)43(54,55)44(56,57)45(58,59)46(60,61)47(62,63)64/h16,18,26-29,37-38H,8-15,17,19-25,30-34H2,1-7H3/b18-16+/t37-,38-/m1/s1. The van der Waals surface area contributed by atoms with Gasteiger partial charge in [-0.05, 0) is 74.4 Å². The summed E-state index contributed by atoms with van der Waals surface area (Å²) in [7, 11) is -0.356. The summed E-state index contributed by atoms with van der Waals surface area (Å²) in [5.41, 5.74) is 0.565.